The van der Waals surface area contributed by atoms with Gasteiger partial charge in [0, 0.05) is 43.6 Å². The summed E-state index contributed by atoms with van der Waals surface area (Å²) in [5.74, 6) is 0.492. The first kappa shape index (κ1) is 22.0. The van der Waals surface area contributed by atoms with Crippen LogP contribution in [0.25, 0.3) is 5.65 Å². The molecule has 0 saturated heterocycles. The monoisotopic (exact) mass is 445 g/mol. The zero-order chi connectivity index (χ0) is 22.9. The number of amides is 1. The van der Waals surface area contributed by atoms with Crippen molar-refractivity contribution in [1.29, 1.82) is 0 Å². The maximum Gasteiger partial charge on any atom is 0.434 e. The minimum Gasteiger partial charge on any atom is -0.378 e. The van der Waals surface area contributed by atoms with Crippen molar-refractivity contribution in [2.45, 2.75) is 43.9 Å². The van der Waals surface area contributed by atoms with E-state index in [1.165, 1.54) is 4.40 Å². The number of alkyl halides is 3. The van der Waals surface area contributed by atoms with Gasteiger partial charge in [0.05, 0.1) is 0 Å². The minimum atomic E-state index is -4.48. The molecule has 1 amide bonds. The number of hydrogen-bond acceptors (Lipinski definition) is 4. The third-order valence-corrected chi connectivity index (χ3v) is 5.82. The molecule has 2 aromatic heterocycles. The Morgan fingerprint density at radius 3 is 2.44 bits per heavy atom. The second-order valence-electron chi connectivity index (χ2n) is 8.37. The Hall–Kier alpha value is -3.23. The predicted octanol–water partition coefficient (Wildman–Crippen LogP) is 4.57. The number of anilines is 2. The molecule has 3 aromatic rings. The molecule has 1 aromatic carbocycles. The van der Waals surface area contributed by atoms with E-state index in [4.69, 9.17) is 0 Å². The van der Waals surface area contributed by atoms with Crippen molar-refractivity contribution in [3.05, 3.63) is 59.9 Å². The number of carbonyl (C=O) groups is 1. The van der Waals surface area contributed by atoms with Gasteiger partial charge in [0.1, 0.15) is 11.5 Å². The molecule has 1 aliphatic carbocycles. The van der Waals surface area contributed by atoms with Crippen LogP contribution in [0.3, 0.4) is 0 Å². The van der Waals surface area contributed by atoms with E-state index in [1.807, 2.05) is 37.2 Å². The SMILES string of the molecule is CN(C)c1cccc(C(=O)N[C@H]2CC[C@@H](Nc3cccc4nc(C(F)(F)F)cn34)CC2)c1. The van der Waals surface area contributed by atoms with Crippen molar-refractivity contribution in [2.24, 2.45) is 0 Å². The molecule has 4 rings (SSSR count). The molecule has 0 atom stereocenters. The lowest BCUT2D eigenvalue weighted by Crippen LogP contribution is -2.40. The smallest absolute Gasteiger partial charge is 0.378 e. The molecule has 2 N–H and O–H groups in total. The largest absolute Gasteiger partial charge is 0.434 e. The predicted molar refractivity (Wildman–Crippen MR) is 118 cm³/mol. The number of rotatable bonds is 5. The molecule has 9 heteroatoms. The number of imidazole rings is 1. The Kier molecular flexibility index (Phi) is 5.99. The van der Waals surface area contributed by atoms with E-state index in [0.29, 0.717) is 11.4 Å². The summed E-state index contributed by atoms with van der Waals surface area (Å²) >= 11 is 0. The fraction of sp³-hybridized carbons (Fsp3) is 0.391. The highest BCUT2D eigenvalue weighted by Crippen LogP contribution is 2.30. The van der Waals surface area contributed by atoms with Crippen LogP contribution in [0.1, 0.15) is 41.7 Å². The van der Waals surface area contributed by atoms with Crippen LogP contribution in [0, 0.1) is 0 Å². The van der Waals surface area contributed by atoms with Crippen LogP contribution < -0.4 is 15.5 Å². The molecule has 0 spiro atoms. The molecular weight excluding hydrogens is 419 g/mol. The first-order valence-electron chi connectivity index (χ1n) is 10.6. The summed E-state index contributed by atoms with van der Waals surface area (Å²) in [6.45, 7) is 0. The van der Waals surface area contributed by atoms with Crippen molar-refractivity contribution in [1.82, 2.24) is 14.7 Å². The Morgan fingerprint density at radius 1 is 1.06 bits per heavy atom. The van der Waals surface area contributed by atoms with E-state index in [0.717, 1.165) is 37.6 Å². The first-order chi connectivity index (χ1) is 15.2. The zero-order valence-corrected chi connectivity index (χ0v) is 18.0. The highest BCUT2D eigenvalue weighted by Gasteiger charge is 2.34. The topological polar surface area (TPSA) is 61.7 Å². The van der Waals surface area contributed by atoms with Crippen molar-refractivity contribution in [3.63, 3.8) is 0 Å². The van der Waals surface area contributed by atoms with Gasteiger partial charge < -0.3 is 15.5 Å². The fourth-order valence-corrected chi connectivity index (χ4v) is 4.05. The van der Waals surface area contributed by atoms with Gasteiger partial charge in [-0.3, -0.25) is 9.20 Å². The van der Waals surface area contributed by atoms with Crippen molar-refractivity contribution >= 4 is 23.1 Å². The van der Waals surface area contributed by atoms with E-state index < -0.39 is 11.9 Å². The van der Waals surface area contributed by atoms with Crippen LogP contribution in [0.4, 0.5) is 24.7 Å². The number of fused-ring (bicyclic) bond motifs is 1. The Labute approximate surface area is 184 Å². The average molecular weight is 445 g/mol. The lowest BCUT2D eigenvalue weighted by atomic mass is 9.91. The summed E-state index contributed by atoms with van der Waals surface area (Å²) in [7, 11) is 3.86. The van der Waals surface area contributed by atoms with E-state index in [2.05, 4.69) is 15.6 Å². The summed E-state index contributed by atoms with van der Waals surface area (Å²) in [6, 6.07) is 12.7. The summed E-state index contributed by atoms with van der Waals surface area (Å²) in [6.07, 6.45) is -0.258. The van der Waals surface area contributed by atoms with Gasteiger partial charge >= 0.3 is 6.18 Å². The highest BCUT2D eigenvalue weighted by atomic mass is 19.4. The van der Waals surface area contributed by atoms with Gasteiger partial charge in [0.15, 0.2) is 5.69 Å². The molecule has 0 bridgehead atoms. The third kappa shape index (κ3) is 4.81. The second kappa shape index (κ2) is 8.72. The number of nitrogens with one attached hydrogen (secondary N) is 2. The maximum absolute atomic E-state index is 13.0. The Morgan fingerprint density at radius 2 is 1.75 bits per heavy atom. The summed E-state index contributed by atoms with van der Waals surface area (Å²) in [5.41, 5.74) is 0.941. The Balaban J connectivity index is 1.36. The molecule has 6 nitrogen and oxygen atoms in total. The van der Waals surface area contributed by atoms with Crippen LogP contribution >= 0.6 is 0 Å². The number of carbonyl (C=O) groups excluding carboxylic acids is 1. The summed E-state index contributed by atoms with van der Waals surface area (Å²) < 4.78 is 40.5. The van der Waals surface area contributed by atoms with Gasteiger partial charge in [0.25, 0.3) is 5.91 Å². The first-order valence-corrected chi connectivity index (χ1v) is 10.6. The number of pyridine rings is 1. The normalized spacial score (nSPS) is 19.0. The van der Waals surface area contributed by atoms with Crippen molar-refractivity contribution < 1.29 is 18.0 Å². The van der Waals surface area contributed by atoms with Crippen LogP contribution in [0.2, 0.25) is 0 Å². The number of aromatic nitrogens is 2. The van der Waals surface area contributed by atoms with Gasteiger partial charge in [0.2, 0.25) is 0 Å². The van der Waals surface area contributed by atoms with E-state index in [-0.39, 0.29) is 23.6 Å². The molecule has 170 valence electrons. The van der Waals surface area contributed by atoms with Gasteiger partial charge in [-0.1, -0.05) is 12.1 Å². The molecular formula is C23H26F3N5O. The molecule has 0 unspecified atom stereocenters. The van der Waals surface area contributed by atoms with E-state index in [1.54, 1.807) is 24.3 Å². The molecule has 1 fully saturated rings. The number of hydrogen-bond donors (Lipinski definition) is 2. The lowest BCUT2D eigenvalue weighted by Gasteiger charge is -2.30. The summed E-state index contributed by atoms with van der Waals surface area (Å²) in [4.78, 5) is 18.3. The van der Waals surface area contributed by atoms with E-state index >= 15 is 0 Å². The highest BCUT2D eigenvalue weighted by molar-refractivity contribution is 5.95. The quantitative estimate of drug-likeness (QED) is 0.604. The number of benzene rings is 1. The summed E-state index contributed by atoms with van der Waals surface area (Å²) in [5, 5.41) is 6.46. The Bertz CT molecular complexity index is 1100. The fourth-order valence-electron chi connectivity index (χ4n) is 4.05. The van der Waals surface area contributed by atoms with Gasteiger partial charge in [-0.05, 0) is 56.0 Å². The molecule has 0 aliphatic heterocycles. The average Bonchev–Trinajstić information content (AvgIpc) is 3.21. The van der Waals surface area contributed by atoms with Crippen LogP contribution in [0.15, 0.2) is 48.7 Å². The number of halogens is 3. The molecule has 1 aliphatic rings. The van der Waals surface area contributed by atoms with Gasteiger partial charge in [-0.2, -0.15) is 13.2 Å². The molecule has 1 saturated carbocycles. The van der Waals surface area contributed by atoms with Crippen molar-refractivity contribution in [2.75, 3.05) is 24.3 Å². The lowest BCUT2D eigenvalue weighted by molar-refractivity contribution is -0.140. The van der Waals surface area contributed by atoms with Crippen LogP contribution in [-0.4, -0.2) is 41.5 Å². The van der Waals surface area contributed by atoms with Crippen LogP contribution in [0.5, 0.6) is 0 Å². The van der Waals surface area contributed by atoms with Gasteiger partial charge in [-0.15, -0.1) is 0 Å². The standard InChI is InChI=1S/C23H26F3N5O/c1-30(2)18-6-3-5-15(13-18)22(32)28-17-11-9-16(10-12-17)27-20-7-4-8-21-29-19(14-31(20)21)23(24,25)26/h3-8,13-14,16-17,27H,9-12H2,1-2H3,(H,28,32)/t16-,17+. The molecule has 0 radical (unpaired) electrons. The van der Waals surface area contributed by atoms with Crippen LogP contribution in [-0.2, 0) is 6.18 Å². The van der Waals surface area contributed by atoms with Gasteiger partial charge in [-0.25, -0.2) is 4.98 Å². The number of nitrogens with zero attached hydrogens (tertiary/aromatic N) is 3. The third-order valence-electron chi connectivity index (χ3n) is 5.82. The molecule has 2 heterocycles. The van der Waals surface area contributed by atoms with Crippen molar-refractivity contribution in [3.8, 4) is 0 Å². The van der Waals surface area contributed by atoms with E-state index in [9.17, 15) is 18.0 Å². The molecule has 32 heavy (non-hydrogen) atoms. The zero-order valence-electron chi connectivity index (χ0n) is 18.0. The maximum atomic E-state index is 13.0. The second-order valence-corrected chi connectivity index (χ2v) is 8.37. The minimum absolute atomic E-state index is 0.0735.